The van der Waals surface area contributed by atoms with Gasteiger partial charge in [0.05, 0.1) is 6.10 Å². The zero-order chi connectivity index (χ0) is 11.4. The van der Waals surface area contributed by atoms with E-state index in [1.807, 2.05) is 0 Å². The topological polar surface area (TPSA) is 47.3 Å². The van der Waals surface area contributed by atoms with E-state index in [9.17, 15) is 0 Å². The molecule has 2 saturated carbocycles. The molecule has 2 aliphatic carbocycles. The van der Waals surface area contributed by atoms with Gasteiger partial charge in [0.25, 0.3) is 0 Å². The van der Waals surface area contributed by atoms with Crippen LogP contribution in [0.25, 0.3) is 0 Å². The first-order valence-corrected chi connectivity index (χ1v) is 6.91. The van der Waals surface area contributed by atoms with Crippen molar-refractivity contribution in [2.45, 2.75) is 63.6 Å². The molecule has 0 aromatic carbocycles. The SMILES string of the molecule is CCOC1CC(NC2CCCCC2CN)C1. The van der Waals surface area contributed by atoms with Crippen molar-refractivity contribution in [1.82, 2.24) is 5.32 Å². The molecule has 0 aromatic heterocycles. The average molecular weight is 226 g/mol. The number of hydrogen-bond acceptors (Lipinski definition) is 3. The van der Waals surface area contributed by atoms with Gasteiger partial charge in [-0.3, -0.25) is 0 Å². The third kappa shape index (κ3) is 2.96. The van der Waals surface area contributed by atoms with Crippen LogP contribution in [0.2, 0.25) is 0 Å². The average Bonchev–Trinajstić information content (AvgIpc) is 2.27. The molecule has 0 spiro atoms. The Morgan fingerprint density at radius 2 is 2.00 bits per heavy atom. The predicted octanol–water partition coefficient (Wildman–Crippen LogP) is 1.66. The molecule has 2 fully saturated rings. The van der Waals surface area contributed by atoms with Crippen LogP contribution in [0.1, 0.15) is 45.4 Å². The van der Waals surface area contributed by atoms with Gasteiger partial charge in [-0.1, -0.05) is 12.8 Å². The lowest BCUT2D eigenvalue weighted by Crippen LogP contribution is -2.53. The molecule has 2 atom stereocenters. The van der Waals surface area contributed by atoms with Crippen LogP contribution in [0, 0.1) is 5.92 Å². The second-order valence-corrected chi connectivity index (χ2v) is 5.30. The van der Waals surface area contributed by atoms with Crippen LogP contribution >= 0.6 is 0 Å². The first-order chi connectivity index (χ1) is 7.83. The van der Waals surface area contributed by atoms with E-state index < -0.39 is 0 Å². The molecule has 0 aromatic rings. The number of rotatable bonds is 5. The zero-order valence-electron chi connectivity index (χ0n) is 10.5. The summed E-state index contributed by atoms with van der Waals surface area (Å²) in [6.07, 6.45) is 8.28. The molecule has 2 unspecified atom stereocenters. The lowest BCUT2D eigenvalue weighted by Gasteiger charge is -2.41. The molecular formula is C13H26N2O. The smallest absolute Gasteiger partial charge is 0.0604 e. The van der Waals surface area contributed by atoms with Gasteiger partial charge in [-0.2, -0.15) is 0 Å². The van der Waals surface area contributed by atoms with Crippen molar-refractivity contribution < 1.29 is 4.74 Å². The number of ether oxygens (including phenoxy) is 1. The molecule has 0 aliphatic heterocycles. The van der Waals surface area contributed by atoms with Crippen LogP contribution in [-0.4, -0.2) is 31.3 Å². The largest absolute Gasteiger partial charge is 0.378 e. The summed E-state index contributed by atoms with van der Waals surface area (Å²) in [7, 11) is 0. The number of nitrogens with one attached hydrogen (secondary N) is 1. The number of nitrogens with two attached hydrogens (primary N) is 1. The fourth-order valence-electron chi connectivity index (χ4n) is 3.09. The summed E-state index contributed by atoms with van der Waals surface area (Å²) in [5, 5.41) is 3.78. The standard InChI is InChI=1S/C13H26N2O/c1-2-16-12-7-11(8-12)15-13-6-4-3-5-10(13)9-14/h10-13,15H,2-9,14H2,1H3. The summed E-state index contributed by atoms with van der Waals surface area (Å²) < 4.78 is 5.59. The first kappa shape index (κ1) is 12.3. The number of hydrogen-bond donors (Lipinski definition) is 2. The molecule has 94 valence electrons. The van der Waals surface area contributed by atoms with Gasteiger partial charge >= 0.3 is 0 Å². The molecule has 0 saturated heterocycles. The monoisotopic (exact) mass is 226 g/mol. The third-order valence-corrected chi connectivity index (χ3v) is 4.16. The van der Waals surface area contributed by atoms with Crippen molar-refractivity contribution in [1.29, 1.82) is 0 Å². The zero-order valence-corrected chi connectivity index (χ0v) is 10.5. The van der Waals surface area contributed by atoms with Crippen LogP contribution in [0.15, 0.2) is 0 Å². The summed E-state index contributed by atoms with van der Waals surface area (Å²) in [4.78, 5) is 0. The summed E-state index contributed by atoms with van der Waals surface area (Å²) in [5.74, 6) is 0.708. The molecule has 3 N–H and O–H groups in total. The molecule has 3 heteroatoms. The Morgan fingerprint density at radius 3 is 2.69 bits per heavy atom. The molecule has 3 nitrogen and oxygen atoms in total. The molecular weight excluding hydrogens is 200 g/mol. The van der Waals surface area contributed by atoms with E-state index in [4.69, 9.17) is 10.5 Å². The molecule has 0 bridgehead atoms. The quantitative estimate of drug-likeness (QED) is 0.749. The van der Waals surface area contributed by atoms with Gasteiger partial charge in [-0.15, -0.1) is 0 Å². The second kappa shape index (κ2) is 5.99. The van der Waals surface area contributed by atoms with Crippen LogP contribution in [-0.2, 0) is 4.74 Å². The highest BCUT2D eigenvalue weighted by atomic mass is 16.5. The highest BCUT2D eigenvalue weighted by Crippen LogP contribution is 2.28. The van der Waals surface area contributed by atoms with Gasteiger partial charge in [-0.25, -0.2) is 0 Å². The Hall–Kier alpha value is -0.120. The highest BCUT2D eigenvalue weighted by molar-refractivity contribution is 4.91. The Morgan fingerprint density at radius 1 is 1.25 bits per heavy atom. The van der Waals surface area contributed by atoms with Gasteiger partial charge in [-0.05, 0) is 45.1 Å². The lowest BCUT2D eigenvalue weighted by molar-refractivity contribution is -0.0153. The van der Waals surface area contributed by atoms with Crippen LogP contribution < -0.4 is 11.1 Å². The van der Waals surface area contributed by atoms with E-state index in [0.717, 1.165) is 13.2 Å². The Kier molecular flexibility index (Phi) is 4.62. The first-order valence-electron chi connectivity index (χ1n) is 6.91. The van der Waals surface area contributed by atoms with Crippen LogP contribution in [0.5, 0.6) is 0 Å². The normalized spacial score (nSPS) is 39.4. The van der Waals surface area contributed by atoms with E-state index in [0.29, 0.717) is 24.1 Å². The molecule has 2 aliphatic rings. The fourth-order valence-corrected chi connectivity index (χ4v) is 3.09. The van der Waals surface area contributed by atoms with Gasteiger partial charge in [0, 0.05) is 18.7 Å². The predicted molar refractivity (Wildman–Crippen MR) is 66.4 cm³/mol. The van der Waals surface area contributed by atoms with Crippen LogP contribution in [0.4, 0.5) is 0 Å². The van der Waals surface area contributed by atoms with E-state index in [1.165, 1.54) is 38.5 Å². The molecule has 0 heterocycles. The Bertz CT molecular complexity index is 204. The van der Waals surface area contributed by atoms with Crippen molar-refractivity contribution in [3.05, 3.63) is 0 Å². The Labute approximate surface area is 99.1 Å². The van der Waals surface area contributed by atoms with Gasteiger partial charge < -0.3 is 15.8 Å². The van der Waals surface area contributed by atoms with Crippen molar-refractivity contribution >= 4 is 0 Å². The van der Waals surface area contributed by atoms with Gasteiger partial charge in [0.15, 0.2) is 0 Å². The highest BCUT2D eigenvalue weighted by Gasteiger charge is 2.33. The molecule has 2 rings (SSSR count). The molecule has 16 heavy (non-hydrogen) atoms. The third-order valence-electron chi connectivity index (χ3n) is 4.16. The minimum atomic E-state index is 0.516. The van der Waals surface area contributed by atoms with E-state index >= 15 is 0 Å². The van der Waals surface area contributed by atoms with E-state index in [-0.39, 0.29) is 0 Å². The minimum Gasteiger partial charge on any atom is -0.378 e. The minimum absolute atomic E-state index is 0.516. The summed E-state index contributed by atoms with van der Waals surface area (Å²) >= 11 is 0. The second-order valence-electron chi connectivity index (χ2n) is 5.30. The van der Waals surface area contributed by atoms with Crippen molar-refractivity contribution in [3.8, 4) is 0 Å². The fraction of sp³-hybridized carbons (Fsp3) is 1.00. The van der Waals surface area contributed by atoms with Crippen molar-refractivity contribution in [3.63, 3.8) is 0 Å². The summed E-state index contributed by atoms with van der Waals surface area (Å²) in [6.45, 7) is 3.78. The Balaban J connectivity index is 1.69. The summed E-state index contributed by atoms with van der Waals surface area (Å²) in [6, 6.07) is 1.36. The van der Waals surface area contributed by atoms with Gasteiger partial charge in [0.1, 0.15) is 0 Å². The van der Waals surface area contributed by atoms with Gasteiger partial charge in [0.2, 0.25) is 0 Å². The van der Waals surface area contributed by atoms with E-state index in [1.54, 1.807) is 0 Å². The van der Waals surface area contributed by atoms with Crippen molar-refractivity contribution in [2.75, 3.05) is 13.2 Å². The lowest BCUT2D eigenvalue weighted by atomic mass is 9.81. The van der Waals surface area contributed by atoms with Crippen molar-refractivity contribution in [2.24, 2.45) is 11.7 Å². The maximum Gasteiger partial charge on any atom is 0.0604 e. The van der Waals surface area contributed by atoms with E-state index in [2.05, 4.69) is 12.2 Å². The molecule has 0 radical (unpaired) electrons. The maximum absolute atomic E-state index is 5.84. The molecule has 0 amide bonds. The summed E-state index contributed by atoms with van der Waals surface area (Å²) in [5.41, 5.74) is 5.84. The van der Waals surface area contributed by atoms with Crippen LogP contribution in [0.3, 0.4) is 0 Å². The maximum atomic E-state index is 5.84.